The van der Waals surface area contributed by atoms with Crippen molar-refractivity contribution in [3.05, 3.63) is 73.6 Å². The number of ether oxygens (including phenoxy) is 1. The Morgan fingerprint density at radius 3 is 2.58 bits per heavy atom. The molecule has 1 saturated heterocycles. The minimum atomic E-state index is -0.0535. The molecule has 8 nitrogen and oxygen atoms in total. The molecule has 0 unspecified atom stereocenters. The van der Waals surface area contributed by atoms with E-state index in [1.807, 2.05) is 64.2 Å². The monoisotopic (exact) mass is 482 g/mol. The number of carbonyl (C=O) groups is 1. The molecule has 1 aliphatic heterocycles. The Balaban J connectivity index is 1.55. The standard InChI is InChI=1S/C28H30N6O2/c1-4-24(35)33-16-8-9-21(17-33)34-28-25(27(29-18-30-28)31-19(2)3)26(32-34)20-12-14-23(15-13-20)36-22-10-6-5-7-11-22/h4-7,10-15,18-19,21H,1,8-9,16-17H2,2-3H3,(H,29,30,31)/t21-/m1/s1. The lowest BCUT2D eigenvalue weighted by molar-refractivity contribution is -0.127. The van der Waals surface area contributed by atoms with Gasteiger partial charge in [-0.25, -0.2) is 14.6 Å². The topological polar surface area (TPSA) is 85.2 Å². The maximum absolute atomic E-state index is 12.3. The SMILES string of the molecule is C=CC(=O)N1CCC[C@@H](n2nc(-c3ccc(Oc4ccccc4)cc3)c3c(NC(C)C)ncnc32)C1. The van der Waals surface area contributed by atoms with E-state index in [4.69, 9.17) is 9.84 Å². The van der Waals surface area contributed by atoms with E-state index in [2.05, 4.69) is 35.7 Å². The van der Waals surface area contributed by atoms with Crippen LogP contribution in [-0.4, -0.2) is 49.7 Å². The Morgan fingerprint density at radius 1 is 1.11 bits per heavy atom. The molecule has 3 heterocycles. The first-order valence-corrected chi connectivity index (χ1v) is 12.3. The van der Waals surface area contributed by atoms with Crippen LogP contribution in [0, 0.1) is 0 Å². The molecule has 0 spiro atoms. The highest BCUT2D eigenvalue weighted by Gasteiger charge is 2.28. The summed E-state index contributed by atoms with van der Waals surface area (Å²) in [6.45, 7) is 9.10. The molecule has 1 fully saturated rings. The Labute approximate surface area is 210 Å². The van der Waals surface area contributed by atoms with Crippen LogP contribution in [0.2, 0.25) is 0 Å². The fourth-order valence-electron chi connectivity index (χ4n) is 4.60. The van der Waals surface area contributed by atoms with Gasteiger partial charge in [0.25, 0.3) is 0 Å². The van der Waals surface area contributed by atoms with E-state index in [9.17, 15) is 4.79 Å². The molecule has 2 aromatic heterocycles. The number of benzene rings is 2. The highest BCUT2D eigenvalue weighted by Crippen LogP contribution is 2.36. The summed E-state index contributed by atoms with van der Waals surface area (Å²) in [4.78, 5) is 23.3. The van der Waals surface area contributed by atoms with Crippen LogP contribution in [0.3, 0.4) is 0 Å². The van der Waals surface area contributed by atoms with Gasteiger partial charge < -0.3 is 15.0 Å². The van der Waals surface area contributed by atoms with Crippen LogP contribution >= 0.6 is 0 Å². The van der Waals surface area contributed by atoms with Gasteiger partial charge in [0.1, 0.15) is 29.3 Å². The molecule has 36 heavy (non-hydrogen) atoms. The number of fused-ring (bicyclic) bond motifs is 1. The lowest BCUT2D eigenvalue weighted by Crippen LogP contribution is -2.40. The van der Waals surface area contributed by atoms with E-state index in [-0.39, 0.29) is 18.0 Å². The largest absolute Gasteiger partial charge is 0.457 e. The maximum atomic E-state index is 12.3. The van der Waals surface area contributed by atoms with Crippen molar-refractivity contribution in [1.29, 1.82) is 0 Å². The molecular weight excluding hydrogens is 452 g/mol. The highest BCUT2D eigenvalue weighted by atomic mass is 16.5. The summed E-state index contributed by atoms with van der Waals surface area (Å²) in [5.74, 6) is 2.22. The molecular formula is C28H30N6O2. The second-order valence-electron chi connectivity index (χ2n) is 9.24. The van der Waals surface area contributed by atoms with Crippen molar-refractivity contribution in [3.63, 3.8) is 0 Å². The number of anilines is 1. The first-order valence-electron chi connectivity index (χ1n) is 12.3. The van der Waals surface area contributed by atoms with Crippen LogP contribution in [0.1, 0.15) is 32.7 Å². The average Bonchev–Trinajstić information content (AvgIpc) is 3.30. The summed E-state index contributed by atoms with van der Waals surface area (Å²) in [5.41, 5.74) is 2.49. The van der Waals surface area contributed by atoms with Gasteiger partial charge in [0.05, 0.1) is 11.4 Å². The van der Waals surface area contributed by atoms with Crippen molar-refractivity contribution in [3.8, 4) is 22.8 Å². The van der Waals surface area contributed by atoms with E-state index in [0.717, 1.165) is 59.0 Å². The number of carbonyl (C=O) groups excluding carboxylic acids is 1. The molecule has 0 aliphatic carbocycles. The summed E-state index contributed by atoms with van der Waals surface area (Å²) < 4.78 is 7.94. The number of hydrogen-bond acceptors (Lipinski definition) is 6. The third kappa shape index (κ3) is 4.79. The van der Waals surface area contributed by atoms with Gasteiger partial charge in [-0.05, 0) is 69.2 Å². The maximum Gasteiger partial charge on any atom is 0.246 e. The first kappa shape index (κ1) is 23.5. The van der Waals surface area contributed by atoms with E-state index >= 15 is 0 Å². The average molecular weight is 483 g/mol. The number of nitrogens with zero attached hydrogens (tertiary/aromatic N) is 5. The third-order valence-electron chi connectivity index (χ3n) is 6.25. The highest BCUT2D eigenvalue weighted by molar-refractivity contribution is 5.99. The Bertz CT molecular complexity index is 1360. The number of amides is 1. The summed E-state index contributed by atoms with van der Waals surface area (Å²) >= 11 is 0. The van der Waals surface area contributed by atoms with Crippen molar-refractivity contribution in [1.82, 2.24) is 24.6 Å². The van der Waals surface area contributed by atoms with Gasteiger partial charge in [-0.2, -0.15) is 5.10 Å². The van der Waals surface area contributed by atoms with E-state index in [1.54, 1.807) is 6.33 Å². The number of piperidine rings is 1. The van der Waals surface area contributed by atoms with E-state index in [1.165, 1.54) is 6.08 Å². The van der Waals surface area contributed by atoms with Crippen molar-refractivity contribution >= 4 is 22.8 Å². The second kappa shape index (κ2) is 10.2. The predicted molar refractivity (Wildman–Crippen MR) is 141 cm³/mol. The van der Waals surface area contributed by atoms with Crippen molar-refractivity contribution in [2.75, 3.05) is 18.4 Å². The lowest BCUT2D eigenvalue weighted by Gasteiger charge is -2.32. The number of hydrogen-bond donors (Lipinski definition) is 1. The number of aromatic nitrogens is 4. The minimum absolute atomic E-state index is 0.0152. The van der Waals surface area contributed by atoms with Gasteiger partial charge in [-0.1, -0.05) is 24.8 Å². The van der Waals surface area contributed by atoms with Gasteiger partial charge in [0.2, 0.25) is 5.91 Å². The van der Waals surface area contributed by atoms with Gasteiger partial charge in [-0.15, -0.1) is 0 Å². The van der Waals surface area contributed by atoms with Crippen LogP contribution in [0.25, 0.3) is 22.3 Å². The number of para-hydroxylation sites is 1. The zero-order valence-corrected chi connectivity index (χ0v) is 20.6. The van der Waals surface area contributed by atoms with E-state index < -0.39 is 0 Å². The predicted octanol–water partition coefficient (Wildman–Crippen LogP) is 5.46. The number of rotatable bonds is 7. The van der Waals surface area contributed by atoms with Gasteiger partial charge in [0.15, 0.2) is 5.65 Å². The Kier molecular flexibility index (Phi) is 6.66. The molecule has 4 aromatic rings. The lowest BCUT2D eigenvalue weighted by atomic mass is 10.1. The molecule has 1 atom stereocenters. The van der Waals surface area contributed by atoms with Gasteiger partial charge in [-0.3, -0.25) is 4.79 Å². The molecule has 184 valence electrons. The summed E-state index contributed by atoms with van der Waals surface area (Å²) in [7, 11) is 0. The number of nitrogens with one attached hydrogen (secondary N) is 1. The van der Waals surface area contributed by atoms with E-state index in [0.29, 0.717) is 6.54 Å². The molecule has 0 saturated carbocycles. The molecule has 1 aliphatic rings. The van der Waals surface area contributed by atoms with Crippen molar-refractivity contribution < 1.29 is 9.53 Å². The zero-order valence-electron chi connectivity index (χ0n) is 20.6. The molecule has 2 aromatic carbocycles. The fourth-order valence-corrected chi connectivity index (χ4v) is 4.60. The fraction of sp³-hybridized carbons (Fsp3) is 0.286. The molecule has 5 rings (SSSR count). The van der Waals surface area contributed by atoms with Crippen molar-refractivity contribution in [2.45, 2.75) is 38.8 Å². The van der Waals surface area contributed by atoms with Gasteiger partial charge in [0, 0.05) is 24.7 Å². The molecule has 0 radical (unpaired) electrons. The van der Waals surface area contributed by atoms with Crippen LogP contribution in [0.5, 0.6) is 11.5 Å². The zero-order chi connectivity index (χ0) is 25.1. The molecule has 1 N–H and O–H groups in total. The van der Waals surface area contributed by atoms with Crippen LogP contribution < -0.4 is 10.1 Å². The number of likely N-dealkylation sites (tertiary alicyclic amines) is 1. The molecule has 0 bridgehead atoms. The van der Waals surface area contributed by atoms with Crippen LogP contribution in [-0.2, 0) is 4.79 Å². The van der Waals surface area contributed by atoms with Crippen LogP contribution in [0.4, 0.5) is 5.82 Å². The second-order valence-corrected chi connectivity index (χ2v) is 9.24. The Hall–Kier alpha value is -4.20. The first-order chi connectivity index (χ1) is 17.5. The quantitative estimate of drug-likeness (QED) is 0.352. The normalized spacial score (nSPS) is 15.8. The summed E-state index contributed by atoms with van der Waals surface area (Å²) in [6, 6.07) is 17.8. The summed E-state index contributed by atoms with van der Waals surface area (Å²) in [5, 5.41) is 9.37. The van der Waals surface area contributed by atoms with Crippen molar-refractivity contribution in [2.24, 2.45) is 0 Å². The third-order valence-corrected chi connectivity index (χ3v) is 6.25. The molecule has 8 heteroatoms. The Morgan fingerprint density at radius 2 is 1.86 bits per heavy atom. The minimum Gasteiger partial charge on any atom is -0.457 e. The summed E-state index contributed by atoms with van der Waals surface area (Å²) in [6.07, 6.45) is 4.76. The smallest absolute Gasteiger partial charge is 0.246 e. The van der Waals surface area contributed by atoms with Crippen LogP contribution in [0.15, 0.2) is 73.6 Å². The molecule has 1 amide bonds. The van der Waals surface area contributed by atoms with Gasteiger partial charge >= 0.3 is 0 Å².